The SMILES string of the molecule is O=C(NC1CCOC1)N1CC2=C(C1)CN(S(=O)(=O)c1ccc3occc3c1)C2. The molecule has 1 fully saturated rings. The van der Waals surface area contributed by atoms with Crippen molar-refractivity contribution in [3.05, 3.63) is 41.7 Å². The smallest absolute Gasteiger partial charge is 0.318 e. The zero-order valence-electron chi connectivity index (χ0n) is 15.3. The Hall–Kier alpha value is -2.36. The van der Waals surface area contributed by atoms with Gasteiger partial charge in [-0.05, 0) is 41.8 Å². The molecule has 8 nitrogen and oxygen atoms in total. The maximum atomic E-state index is 13.0. The van der Waals surface area contributed by atoms with E-state index in [4.69, 9.17) is 9.15 Å². The molecule has 4 heterocycles. The van der Waals surface area contributed by atoms with Crippen LogP contribution in [-0.2, 0) is 14.8 Å². The molecule has 2 amide bonds. The Morgan fingerprint density at radius 1 is 1.11 bits per heavy atom. The molecular formula is C19H21N3O5S. The van der Waals surface area contributed by atoms with Gasteiger partial charge < -0.3 is 19.4 Å². The van der Waals surface area contributed by atoms with E-state index in [-0.39, 0.29) is 17.0 Å². The first kappa shape index (κ1) is 17.7. The molecular weight excluding hydrogens is 382 g/mol. The molecule has 1 N–H and O–H groups in total. The number of rotatable bonds is 3. The Bertz CT molecular complexity index is 1050. The molecule has 0 spiro atoms. The predicted octanol–water partition coefficient (Wildman–Crippen LogP) is 1.55. The molecule has 9 heteroatoms. The number of nitrogens with zero attached hydrogens (tertiary/aromatic N) is 2. The van der Waals surface area contributed by atoms with Crippen molar-refractivity contribution >= 4 is 27.0 Å². The third-order valence-electron chi connectivity index (χ3n) is 5.60. The molecule has 3 aliphatic rings. The fraction of sp³-hybridized carbons (Fsp3) is 0.421. The van der Waals surface area contributed by atoms with Crippen LogP contribution in [0.3, 0.4) is 0 Å². The second kappa shape index (κ2) is 6.61. The van der Waals surface area contributed by atoms with E-state index in [0.717, 1.165) is 23.0 Å². The van der Waals surface area contributed by atoms with Crippen molar-refractivity contribution in [2.45, 2.75) is 17.4 Å². The zero-order valence-corrected chi connectivity index (χ0v) is 16.1. The average Bonchev–Trinajstić information content (AvgIpc) is 3.43. The zero-order chi connectivity index (χ0) is 19.3. The molecule has 3 aliphatic heterocycles. The number of furan rings is 1. The predicted molar refractivity (Wildman–Crippen MR) is 101 cm³/mol. The number of hydrogen-bond acceptors (Lipinski definition) is 5. The van der Waals surface area contributed by atoms with E-state index in [1.165, 1.54) is 4.31 Å². The van der Waals surface area contributed by atoms with E-state index in [0.29, 0.717) is 45.0 Å². The average molecular weight is 403 g/mol. The molecule has 1 atom stereocenters. The molecule has 148 valence electrons. The number of ether oxygens (including phenoxy) is 1. The largest absolute Gasteiger partial charge is 0.464 e. The Morgan fingerprint density at radius 2 is 1.89 bits per heavy atom. The highest BCUT2D eigenvalue weighted by Crippen LogP contribution is 2.31. The highest BCUT2D eigenvalue weighted by molar-refractivity contribution is 7.89. The van der Waals surface area contributed by atoms with Gasteiger partial charge in [0.2, 0.25) is 10.0 Å². The van der Waals surface area contributed by atoms with Crippen molar-refractivity contribution in [1.82, 2.24) is 14.5 Å². The molecule has 1 aromatic carbocycles. The fourth-order valence-electron chi connectivity index (χ4n) is 4.03. The second-order valence-electron chi connectivity index (χ2n) is 7.47. The van der Waals surface area contributed by atoms with Crippen LogP contribution in [-0.4, -0.2) is 69.1 Å². The minimum absolute atomic E-state index is 0.0673. The van der Waals surface area contributed by atoms with Crippen LogP contribution in [0.25, 0.3) is 11.0 Å². The van der Waals surface area contributed by atoms with Crippen LogP contribution in [0.5, 0.6) is 0 Å². The van der Waals surface area contributed by atoms with E-state index >= 15 is 0 Å². The summed E-state index contributed by atoms with van der Waals surface area (Å²) in [6, 6.07) is 6.61. The summed E-state index contributed by atoms with van der Waals surface area (Å²) in [5.74, 6) is 0. The molecule has 0 aliphatic carbocycles. The lowest BCUT2D eigenvalue weighted by Crippen LogP contribution is -2.45. The highest BCUT2D eigenvalue weighted by atomic mass is 32.2. The normalized spacial score (nSPS) is 23.0. The van der Waals surface area contributed by atoms with Gasteiger partial charge in [0.1, 0.15) is 5.58 Å². The van der Waals surface area contributed by atoms with Crippen LogP contribution >= 0.6 is 0 Å². The third-order valence-corrected chi connectivity index (χ3v) is 7.39. The summed E-state index contributed by atoms with van der Waals surface area (Å²) in [6.45, 7) is 2.84. The van der Waals surface area contributed by atoms with Crippen LogP contribution in [0.2, 0.25) is 0 Å². The first-order chi connectivity index (χ1) is 13.5. The lowest BCUT2D eigenvalue weighted by molar-refractivity contribution is 0.182. The number of amides is 2. The fourth-order valence-corrected chi connectivity index (χ4v) is 5.49. The van der Waals surface area contributed by atoms with Gasteiger partial charge in [0.05, 0.1) is 23.8 Å². The maximum Gasteiger partial charge on any atom is 0.318 e. The van der Waals surface area contributed by atoms with Crippen LogP contribution in [0, 0.1) is 0 Å². The van der Waals surface area contributed by atoms with E-state index in [1.54, 1.807) is 35.4 Å². The number of hydrogen-bond donors (Lipinski definition) is 1. The summed E-state index contributed by atoms with van der Waals surface area (Å²) < 4.78 is 38.1. The number of sulfonamides is 1. The number of carbonyl (C=O) groups is 1. The monoisotopic (exact) mass is 403 g/mol. The second-order valence-corrected chi connectivity index (χ2v) is 9.40. The molecule has 0 bridgehead atoms. The maximum absolute atomic E-state index is 13.0. The molecule has 28 heavy (non-hydrogen) atoms. The van der Waals surface area contributed by atoms with E-state index < -0.39 is 10.0 Å². The number of nitrogens with one attached hydrogen (secondary N) is 1. The van der Waals surface area contributed by atoms with E-state index in [1.807, 2.05) is 0 Å². The first-order valence-corrected chi connectivity index (χ1v) is 10.7. The molecule has 0 saturated carbocycles. The molecule has 1 aromatic heterocycles. The van der Waals surface area contributed by atoms with Gasteiger partial charge in [-0.1, -0.05) is 0 Å². The lowest BCUT2D eigenvalue weighted by atomic mass is 10.2. The van der Waals surface area contributed by atoms with Gasteiger partial charge in [0.25, 0.3) is 0 Å². The van der Waals surface area contributed by atoms with Gasteiger partial charge in [-0.15, -0.1) is 0 Å². The quantitative estimate of drug-likeness (QED) is 0.785. The van der Waals surface area contributed by atoms with Gasteiger partial charge in [-0.2, -0.15) is 4.31 Å². The Balaban J connectivity index is 1.25. The van der Waals surface area contributed by atoms with Gasteiger partial charge in [0, 0.05) is 38.2 Å². The Labute approximate surface area is 162 Å². The number of urea groups is 1. The highest BCUT2D eigenvalue weighted by Gasteiger charge is 2.38. The minimum Gasteiger partial charge on any atom is -0.464 e. The summed E-state index contributed by atoms with van der Waals surface area (Å²) >= 11 is 0. The summed E-state index contributed by atoms with van der Waals surface area (Å²) in [5, 5.41) is 3.75. The molecule has 5 rings (SSSR count). The standard InChI is InChI=1S/C19H21N3O5S/c23-19(20-16-4-5-26-12-16)21-8-14-10-22(11-15(14)9-21)28(24,25)17-1-2-18-13(7-17)3-6-27-18/h1-3,6-7,16H,4-5,8-12H2,(H,20,23). The van der Waals surface area contributed by atoms with Crippen molar-refractivity contribution in [2.75, 3.05) is 39.4 Å². The van der Waals surface area contributed by atoms with Gasteiger partial charge >= 0.3 is 6.03 Å². The molecule has 2 aromatic rings. The summed E-state index contributed by atoms with van der Waals surface area (Å²) in [4.78, 5) is 14.4. The third kappa shape index (κ3) is 2.99. The van der Waals surface area contributed by atoms with Crippen LogP contribution in [0.1, 0.15) is 6.42 Å². The van der Waals surface area contributed by atoms with Gasteiger partial charge in [0.15, 0.2) is 0 Å². The minimum atomic E-state index is -3.59. The van der Waals surface area contributed by atoms with Crippen LogP contribution in [0.15, 0.2) is 51.0 Å². The molecule has 1 saturated heterocycles. The molecule has 0 radical (unpaired) electrons. The van der Waals surface area contributed by atoms with Crippen molar-refractivity contribution in [2.24, 2.45) is 0 Å². The summed E-state index contributed by atoms with van der Waals surface area (Å²) in [7, 11) is -3.59. The van der Waals surface area contributed by atoms with Crippen molar-refractivity contribution in [3.63, 3.8) is 0 Å². The first-order valence-electron chi connectivity index (χ1n) is 9.31. The Kier molecular flexibility index (Phi) is 4.18. The summed E-state index contributed by atoms with van der Waals surface area (Å²) in [6.07, 6.45) is 2.38. The summed E-state index contributed by atoms with van der Waals surface area (Å²) in [5.41, 5.74) is 2.70. The number of carbonyl (C=O) groups excluding carboxylic acids is 1. The van der Waals surface area contributed by atoms with Crippen LogP contribution in [0.4, 0.5) is 4.79 Å². The van der Waals surface area contributed by atoms with Crippen LogP contribution < -0.4 is 5.32 Å². The lowest BCUT2D eigenvalue weighted by Gasteiger charge is -2.24. The Morgan fingerprint density at radius 3 is 2.61 bits per heavy atom. The van der Waals surface area contributed by atoms with Gasteiger partial charge in [-0.25, -0.2) is 13.2 Å². The van der Waals surface area contributed by atoms with Crippen molar-refractivity contribution in [3.8, 4) is 0 Å². The van der Waals surface area contributed by atoms with Crippen molar-refractivity contribution in [1.29, 1.82) is 0 Å². The number of fused-ring (bicyclic) bond motifs is 1. The van der Waals surface area contributed by atoms with Crippen molar-refractivity contribution < 1.29 is 22.4 Å². The number of benzene rings is 1. The molecule has 1 unspecified atom stereocenters. The van der Waals surface area contributed by atoms with Gasteiger partial charge in [-0.3, -0.25) is 0 Å². The van der Waals surface area contributed by atoms with E-state index in [2.05, 4.69) is 5.32 Å². The topological polar surface area (TPSA) is 92.1 Å². The van der Waals surface area contributed by atoms with E-state index in [9.17, 15) is 13.2 Å².